The van der Waals surface area contributed by atoms with Gasteiger partial charge in [-0.1, -0.05) is 18.2 Å². The van der Waals surface area contributed by atoms with Crippen LogP contribution in [0, 0.1) is 0 Å². The molecule has 0 spiro atoms. The van der Waals surface area contributed by atoms with Crippen LogP contribution in [0.4, 0.5) is 0 Å². The van der Waals surface area contributed by atoms with Crippen LogP contribution < -0.4 is 0 Å². The zero-order valence-electron chi connectivity index (χ0n) is 8.02. The van der Waals surface area contributed by atoms with E-state index in [-0.39, 0.29) is 30.8 Å². The number of H-pyrrole nitrogens is 1. The maximum Gasteiger partial charge on any atom is 0.354 e. The van der Waals surface area contributed by atoms with Gasteiger partial charge in [-0.15, -0.1) is 24.8 Å². The number of benzene rings is 1. The molecule has 2 aromatic rings. The Kier molecular flexibility index (Phi) is 5.19. The predicted molar refractivity (Wildman–Crippen MR) is 64.1 cm³/mol. The van der Waals surface area contributed by atoms with Gasteiger partial charge in [-0.25, -0.2) is 4.79 Å². The first kappa shape index (κ1) is 13.8. The SMILES string of the molecule is COC(=O)c1cc2ccccc2[nH]1.Cl.Cl. The smallest absolute Gasteiger partial charge is 0.354 e. The van der Waals surface area contributed by atoms with Gasteiger partial charge in [0.25, 0.3) is 0 Å². The zero-order valence-corrected chi connectivity index (χ0v) is 9.65. The van der Waals surface area contributed by atoms with E-state index in [0.717, 1.165) is 10.9 Å². The number of halogens is 2. The Bertz CT molecular complexity index is 420. The van der Waals surface area contributed by atoms with Crippen molar-refractivity contribution >= 4 is 41.7 Å². The summed E-state index contributed by atoms with van der Waals surface area (Å²) in [5.74, 6) is -0.337. The molecule has 3 nitrogen and oxygen atoms in total. The van der Waals surface area contributed by atoms with E-state index >= 15 is 0 Å². The lowest BCUT2D eigenvalue weighted by Gasteiger charge is -1.91. The van der Waals surface area contributed by atoms with Gasteiger partial charge in [0.15, 0.2) is 0 Å². The van der Waals surface area contributed by atoms with E-state index in [1.54, 1.807) is 6.07 Å². The highest BCUT2D eigenvalue weighted by Crippen LogP contribution is 2.14. The molecule has 0 bridgehead atoms. The molecular formula is C10H11Cl2NO2. The summed E-state index contributed by atoms with van der Waals surface area (Å²) in [7, 11) is 1.37. The number of aromatic amines is 1. The number of esters is 1. The number of rotatable bonds is 1. The van der Waals surface area contributed by atoms with E-state index in [4.69, 9.17) is 0 Å². The van der Waals surface area contributed by atoms with Crippen LogP contribution in [0.1, 0.15) is 10.5 Å². The van der Waals surface area contributed by atoms with Crippen LogP contribution in [0.2, 0.25) is 0 Å². The Balaban J connectivity index is 0.000000980. The molecule has 0 amide bonds. The number of fused-ring (bicyclic) bond motifs is 1. The van der Waals surface area contributed by atoms with Crippen molar-refractivity contribution < 1.29 is 9.53 Å². The largest absolute Gasteiger partial charge is 0.464 e. The summed E-state index contributed by atoms with van der Waals surface area (Å²) >= 11 is 0. The summed E-state index contributed by atoms with van der Waals surface area (Å²) in [5, 5.41) is 1.02. The topological polar surface area (TPSA) is 42.1 Å². The highest BCUT2D eigenvalue weighted by Gasteiger charge is 2.07. The van der Waals surface area contributed by atoms with Gasteiger partial charge in [0.1, 0.15) is 5.69 Å². The van der Waals surface area contributed by atoms with Gasteiger partial charge in [-0.2, -0.15) is 0 Å². The highest BCUT2D eigenvalue weighted by atomic mass is 35.5. The van der Waals surface area contributed by atoms with E-state index in [1.165, 1.54) is 7.11 Å². The Morgan fingerprint density at radius 3 is 2.53 bits per heavy atom. The first-order valence-electron chi connectivity index (χ1n) is 3.97. The van der Waals surface area contributed by atoms with Gasteiger partial charge >= 0.3 is 5.97 Å². The van der Waals surface area contributed by atoms with Crippen molar-refractivity contribution in [2.45, 2.75) is 0 Å². The van der Waals surface area contributed by atoms with E-state index in [0.29, 0.717) is 5.69 Å². The van der Waals surface area contributed by atoms with Crippen molar-refractivity contribution in [1.29, 1.82) is 0 Å². The van der Waals surface area contributed by atoms with Crippen molar-refractivity contribution in [2.75, 3.05) is 7.11 Å². The average Bonchev–Trinajstić information content (AvgIpc) is 2.59. The van der Waals surface area contributed by atoms with Crippen LogP contribution in [0.25, 0.3) is 10.9 Å². The van der Waals surface area contributed by atoms with Gasteiger partial charge in [0.05, 0.1) is 7.11 Å². The highest BCUT2D eigenvalue weighted by molar-refractivity contribution is 5.94. The minimum atomic E-state index is -0.337. The van der Waals surface area contributed by atoms with Crippen molar-refractivity contribution in [2.24, 2.45) is 0 Å². The summed E-state index contributed by atoms with van der Waals surface area (Å²) in [6.45, 7) is 0. The fourth-order valence-electron chi connectivity index (χ4n) is 1.29. The maximum atomic E-state index is 11.1. The molecule has 0 fully saturated rings. The number of carbonyl (C=O) groups excluding carboxylic acids is 1. The molecule has 0 saturated heterocycles. The third kappa shape index (κ3) is 2.64. The summed E-state index contributed by atoms with van der Waals surface area (Å²) < 4.78 is 4.60. The molecule has 0 aliphatic heterocycles. The third-order valence-electron chi connectivity index (χ3n) is 1.94. The number of para-hydroxylation sites is 1. The van der Waals surface area contributed by atoms with E-state index in [9.17, 15) is 4.79 Å². The molecule has 15 heavy (non-hydrogen) atoms. The van der Waals surface area contributed by atoms with Crippen LogP contribution in [0.3, 0.4) is 0 Å². The summed E-state index contributed by atoms with van der Waals surface area (Å²) in [4.78, 5) is 14.1. The quantitative estimate of drug-likeness (QED) is 0.788. The molecule has 0 aliphatic rings. The number of hydrogen-bond acceptors (Lipinski definition) is 2. The van der Waals surface area contributed by atoms with Crippen LogP contribution in [0.15, 0.2) is 30.3 Å². The molecule has 0 radical (unpaired) electrons. The molecule has 0 unspecified atom stereocenters. The van der Waals surface area contributed by atoms with Crippen LogP contribution in [-0.4, -0.2) is 18.1 Å². The first-order valence-corrected chi connectivity index (χ1v) is 3.97. The molecule has 1 aromatic carbocycles. The molecular weight excluding hydrogens is 237 g/mol. The number of hydrogen-bond donors (Lipinski definition) is 1. The molecule has 1 N–H and O–H groups in total. The number of ether oxygens (including phenoxy) is 1. The van der Waals surface area contributed by atoms with Crippen LogP contribution >= 0.6 is 24.8 Å². The second kappa shape index (κ2) is 5.63. The average molecular weight is 248 g/mol. The first-order chi connectivity index (χ1) is 6.31. The van der Waals surface area contributed by atoms with Gasteiger partial charge < -0.3 is 9.72 Å². The summed E-state index contributed by atoms with van der Waals surface area (Å²) in [5.41, 5.74) is 1.44. The zero-order chi connectivity index (χ0) is 9.26. The molecule has 2 rings (SSSR count). The summed E-state index contributed by atoms with van der Waals surface area (Å²) in [6.07, 6.45) is 0. The number of methoxy groups -OCH3 is 1. The molecule has 1 aromatic heterocycles. The standard InChI is InChI=1S/C10H9NO2.2ClH/c1-13-10(12)9-6-7-4-2-3-5-8(7)11-9;;/h2-6,11H,1H3;2*1H. The Hall–Kier alpha value is -1.19. The molecule has 82 valence electrons. The number of carbonyl (C=O) groups is 1. The molecule has 0 saturated carbocycles. The van der Waals surface area contributed by atoms with Crippen molar-refractivity contribution in [3.05, 3.63) is 36.0 Å². The Labute approximate surface area is 99.6 Å². The lowest BCUT2D eigenvalue weighted by atomic mass is 10.2. The van der Waals surface area contributed by atoms with E-state index < -0.39 is 0 Å². The van der Waals surface area contributed by atoms with Crippen LogP contribution in [0.5, 0.6) is 0 Å². The monoisotopic (exact) mass is 247 g/mol. The Morgan fingerprint density at radius 1 is 1.27 bits per heavy atom. The van der Waals surface area contributed by atoms with Crippen LogP contribution in [-0.2, 0) is 4.74 Å². The minimum Gasteiger partial charge on any atom is -0.464 e. The van der Waals surface area contributed by atoms with Gasteiger partial charge in [-0.3, -0.25) is 0 Å². The molecule has 5 heteroatoms. The fourth-order valence-corrected chi connectivity index (χ4v) is 1.29. The van der Waals surface area contributed by atoms with Gasteiger partial charge in [0.2, 0.25) is 0 Å². The number of nitrogens with one attached hydrogen (secondary N) is 1. The predicted octanol–water partition coefficient (Wildman–Crippen LogP) is 2.80. The maximum absolute atomic E-state index is 11.1. The third-order valence-corrected chi connectivity index (χ3v) is 1.94. The normalized spacial score (nSPS) is 8.87. The summed E-state index contributed by atoms with van der Waals surface area (Å²) in [6, 6.07) is 9.48. The second-order valence-electron chi connectivity index (χ2n) is 2.76. The van der Waals surface area contributed by atoms with E-state index in [2.05, 4.69) is 9.72 Å². The molecule has 1 heterocycles. The van der Waals surface area contributed by atoms with Crippen molar-refractivity contribution in [3.63, 3.8) is 0 Å². The Morgan fingerprint density at radius 2 is 1.93 bits per heavy atom. The fraction of sp³-hybridized carbons (Fsp3) is 0.100. The second-order valence-corrected chi connectivity index (χ2v) is 2.76. The lowest BCUT2D eigenvalue weighted by Crippen LogP contribution is -2.00. The van der Waals surface area contributed by atoms with Crippen molar-refractivity contribution in [1.82, 2.24) is 4.98 Å². The van der Waals surface area contributed by atoms with Gasteiger partial charge in [0, 0.05) is 10.9 Å². The molecule has 0 atom stereocenters. The lowest BCUT2D eigenvalue weighted by molar-refractivity contribution is 0.0595. The van der Waals surface area contributed by atoms with Gasteiger partial charge in [-0.05, 0) is 12.1 Å². The minimum absolute atomic E-state index is 0. The van der Waals surface area contributed by atoms with E-state index in [1.807, 2.05) is 24.3 Å². The molecule has 0 aliphatic carbocycles. The number of aromatic nitrogens is 1. The van der Waals surface area contributed by atoms with Crippen molar-refractivity contribution in [3.8, 4) is 0 Å².